The number of hydrogen-bond donors (Lipinski definition) is 2. The fraction of sp³-hybridized carbons (Fsp3) is 0.0526. The van der Waals surface area contributed by atoms with Crippen molar-refractivity contribution in [1.29, 1.82) is 0 Å². The number of sulfonamides is 1. The number of carbonyl (C=O) groups excluding carboxylic acids is 1. The lowest BCUT2D eigenvalue weighted by Gasteiger charge is -2.06. The highest BCUT2D eigenvalue weighted by Gasteiger charge is 2.15. The molecule has 138 valence electrons. The Morgan fingerprint density at radius 1 is 1.11 bits per heavy atom. The average molecular weight is 399 g/mol. The lowest BCUT2D eigenvalue weighted by molar-refractivity contribution is 0.102. The van der Waals surface area contributed by atoms with Crippen LogP contribution in [0.1, 0.15) is 10.4 Å². The zero-order valence-corrected chi connectivity index (χ0v) is 15.9. The lowest BCUT2D eigenvalue weighted by Crippen LogP contribution is -2.23. The molecule has 1 amide bonds. The largest absolute Gasteiger partial charge is 0.298 e. The van der Waals surface area contributed by atoms with E-state index in [0.717, 1.165) is 11.3 Å². The van der Waals surface area contributed by atoms with E-state index in [9.17, 15) is 13.2 Å². The van der Waals surface area contributed by atoms with Crippen LogP contribution in [0.15, 0.2) is 77.5 Å². The van der Waals surface area contributed by atoms with Crippen LogP contribution >= 0.6 is 11.3 Å². The van der Waals surface area contributed by atoms with Crippen LogP contribution in [0, 0.1) is 0 Å². The first kappa shape index (κ1) is 19.0. The van der Waals surface area contributed by atoms with Crippen molar-refractivity contribution in [1.82, 2.24) is 9.71 Å². The summed E-state index contributed by atoms with van der Waals surface area (Å²) in [4.78, 5) is 16.9. The van der Waals surface area contributed by atoms with Crippen molar-refractivity contribution in [3.05, 3.63) is 78.2 Å². The van der Waals surface area contributed by atoms with E-state index in [1.165, 1.54) is 41.7 Å². The van der Waals surface area contributed by atoms with Crippen LogP contribution in [0.3, 0.4) is 0 Å². The summed E-state index contributed by atoms with van der Waals surface area (Å²) in [6, 6.07) is 15.4. The van der Waals surface area contributed by atoms with Crippen molar-refractivity contribution in [2.24, 2.45) is 0 Å². The smallest absolute Gasteiger partial charge is 0.257 e. The summed E-state index contributed by atoms with van der Waals surface area (Å²) in [5, 5.41) is 5.07. The third-order valence-corrected chi connectivity index (χ3v) is 5.84. The second kappa shape index (κ2) is 8.26. The van der Waals surface area contributed by atoms with E-state index in [4.69, 9.17) is 0 Å². The van der Waals surface area contributed by atoms with Gasteiger partial charge in [0.1, 0.15) is 0 Å². The number of rotatable bonds is 7. The fourth-order valence-corrected chi connectivity index (χ4v) is 3.99. The molecule has 0 aliphatic rings. The highest BCUT2D eigenvalue weighted by molar-refractivity contribution is 7.89. The molecule has 0 atom stereocenters. The van der Waals surface area contributed by atoms with E-state index < -0.39 is 10.0 Å². The minimum absolute atomic E-state index is 0.0847. The van der Waals surface area contributed by atoms with E-state index in [1.807, 2.05) is 35.7 Å². The molecule has 0 fully saturated rings. The number of benzene rings is 2. The molecular formula is C19H17N3O3S2. The maximum atomic E-state index is 12.4. The Balaban J connectivity index is 1.70. The second-order valence-corrected chi connectivity index (χ2v) is 8.15. The van der Waals surface area contributed by atoms with Crippen LogP contribution in [0.2, 0.25) is 0 Å². The molecule has 6 nitrogen and oxygen atoms in total. The zero-order chi connectivity index (χ0) is 19.3. The standard InChI is InChI=1S/C19H17N3O3S2/c1-2-12-20-27(24,25)16-10-8-15(9-11-16)18(23)22-19-21-17(13-26-19)14-6-4-3-5-7-14/h2-11,13,20H,1,12H2,(H,21,22,23). The molecule has 1 heterocycles. The summed E-state index contributed by atoms with van der Waals surface area (Å²) in [5.41, 5.74) is 2.09. The van der Waals surface area contributed by atoms with Crippen LogP contribution in [-0.4, -0.2) is 25.9 Å². The van der Waals surface area contributed by atoms with Crippen LogP contribution in [0.4, 0.5) is 5.13 Å². The first-order valence-corrected chi connectivity index (χ1v) is 10.4. The number of carbonyl (C=O) groups is 1. The Bertz CT molecular complexity index is 1040. The van der Waals surface area contributed by atoms with Gasteiger partial charge in [-0.1, -0.05) is 36.4 Å². The number of nitrogens with zero attached hydrogens (tertiary/aromatic N) is 1. The molecule has 0 saturated heterocycles. The third-order valence-electron chi connectivity index (χ3n) is 3.64. The van der Waals surface area contributed by atoms with Crippen molar-refractivity contribution in [3.8, 4) is 11.3 Å². The predicted molar refractivity (Wildman–Crippen MR) is 107 cm³/mol. The molecule has 3 rings (SSSR count). The molecule has 2 aromatic carbocycles. The quantitative estimate of drug-likeness (QED) is 0.595. The lowest BCUT2D eigenvalue weighted by atomic mass is 10.2. The highest BCUT2D eigenvalue weighted by Crippen LogP contribution is 2.25. The Morgan fingerprint density at radius 3 is 2.48 bits per heavy atom. The summed E-state index contributed by atoms with van der Waals surface area (Å²) in [6.45, 7) is 3.61. The molecule has 0 aliphatic carbocycles. The van der Waals surface area contributed by atoms with Gasteiger partial charge in [-0.05, 0) is 24.3 Å². The first-order valence-electron chi connectivity index (χ1n) is 8.02. The van der Waals surface area contributed by atoms with E-state index in [1.54, 1.807) is 0 Å². The van der Waals surface area contributed by atoms with Crippen LogP contribution in [0.25, 0.3) is 11.3 Å². The minimum atomic E-state index is -3.61. The van der Waals surface area contributed by atoms with Crippen molar-refractivity contribution in [2.45, 2.75) is 4.90 Å². The molecule has 27 heavy (non-hydrogen) atoms. The van der Waals surface area contributed by atoms with Gasteiger partial charge in [-0.3, -0.25) is 10.1 Å². The number of amides is 1. The van der Waals surface area contributed by atoms with Crippen molar-refractivity contribution in [2.75, 3.05) is 11.9 Å². The van der Waals surface area contributed by atoms with Gasteiger partial charge in [-0.25, -0.2) is 18.1 Å². The van der Waals surface area contributed by atoms with Gasteiger partial charge < -0.3 is 0 Å². The summed E-state index contributed by atoms with van der Waals surface area (Å²) in [5.74, 6) is -0.355. The summed E-state index contributed by atoms with van der Waals surface area (Å²) < 4.78 is 26.4. The SMILES string of the molecule is C=CCNS(=O)(=O)c1ccc(C(=O)Nc2nc(-c3ccccc3)cs2)cc1. The van der Waals surface area contributed by atoms with Crippen molar-refractivity contribution in [3.63, 3.8) is 0 Å². The Morgan fingerprint density at radius 2 is 1.81 bits per heavy atom. The Hall–Kier alpha value is -2.81. The van der Waals surface area contributed by atoms with E-state index in [2.05, 4.69) is 21.6 Å². The van der Waals surface area contributed by atoms with Crippen molar-refractivity contribution < 1.29 is 13.2 Å². The number of thiazole rings is 1. The summed E-state index contributed by atoms with van der Waals surface area (Å²) in [7, 11) is -3.61. The third kappa shape index (κ3) is 4.68. The van der Waals surface area contributed by atoms with Gasteiger partial charge >= 0.3 is 0 Å². The molecule has 0 saturated carbocycles. The van der Waals surface area contributed by atoms with E-state index >= 15 is 0 Å². The molecule has 0 radical (unpaired) electrons. The maximum Gasteiger partial charge on any atom is 0.257 e. The molecular weight excluding hydrogens is 382 g/mol. The Kier molecular flexibility index (Phi) is 5.80. The van der Waals surface area contributed by atoms with E-state index in [0.29, 0.717) is 10.7 Å². The highest BCUT2D eigenvalue weighted by atomic mass is 32.2. The van der Waals surface area contributed by atoms with Gasteiger partial charge in [0, 0.05) is 23.1 Å². The molecule has 0 aliphatic heterocycles. The molecule has 2 N–H and O–H groups in total. The first-order chi connectivity index (χ1) is 13.0. The number of nitrogens with one attached hydrogen (secondary N) is 2. The predicted octanol–water partition coefficient (Wildman–Crippen LogP) is 3.53. The number of hydrogen-bond acceptors (Lipinski definition) is 5. The Labute approximate surface area is 161 Å². The van der Waals surface area contributed by atoms with Gasteiger partial charge in [0.25, 0.3) is 5.91 Å². The average Bonchev–Trinajstić information content (AvgIpc) is 3.16. The summed E-state index contributed by atoms with van der Waals surface area (Å²) in [6.07, 6.45) is 1.46. The molecule has 8 heteroatoms. The second-order valence-electron chi connectivity index (χ2n) is 5.52. The van der Waals surface area contributed by atoms with E-state index in [-0.39, 0.29) is 17.3 Å². The maximum absolute atomic E-state index is 12.4. The monoisotopic (exact) mass is 399 g/mol. The zero-order valence-electron chi connectivity index (χ0n) is 14.3. The van der Waals surface area contributed by atoms with Gasteiger partial charge in [0.05, 0.1) is 10.6 Å². The van der Waals surface area contributed by atoms with Crippen LogP contribution in [0.5, 0.6) is 0 Å². The molecule has 0 unspecified atom stereocenters. The van der Waals surface area contributed by atoms with Crippen LogP contribution in [-0.2, 0) is 10.0 Å². The van der Waals surface area contributed by atoms with Crippen LogP contribution < -0.4 is 10.0 Å². The van der Waals surface area contributed by atoms with Crippen molar-refractivity contribution >= 4 is 32.4 Å². The number of aromatic nitrogens is 1. The summed E-state index contributed by atoms with van der Waals surface area (Å²) >= 11 is 1.33. The molecule has 3 aromatic rings. The van der Waals surface area contributed by atoms with Gasteiger partial charge in [0.15, 0.2) is 5.13 Å². The molecule has 0 spiro atoms. The van der Waals surface area contributed by atoms with Gasteiger partial charge in [-0.15, -0.1) is 17.9 Å². The topological polar surface area (TPSA) is 88.2 Å². The number of anilines is 1. The fourth-order valence-electron chi connectivity index (χ4n) is 2.28. The normalized spacial score (nSPS) is 11.1. The molecule has 1 aromatic heterocycles. The minimum Gasteiger partial charge on any atom is -0.298 e. The van der Waals surface area contributed by atoms with Gasteiger partial charge in [0.2, 0.25) is 10.0 Å². The molecule has 0 bridgehead atoms. The van der Waals surface area contributed by atoms with Gasteiger partial charge in [-0.2, -0.15) is 0 Å².